The Morgan fingerprint density at radius 3 is 1.32 bits per heavy atom. The average Bonchev–Trinajstić information content (AvgIpc) is 3.86. The fraction of sp³-hybridized carbons (Fsp3) is 0.0154. The molecule has 0 amide bonds. The molecule has 0 fully saturated rings. The molecular weight excluding hydrogens is 795 g/mol. The summed E-state index contributed by atoms with van der Waals surface area (Å²) in [6, 6.07) is 96.3. The van der Waals surface area contributed by atoms with Gasteiger partial charge in [-0.15, -0.1) is 0 Å². The van der Waals surface area contributed by atoms with E-state index in [9.17, 15) is 0 Å². The zero-order valence-electron chi connectivity index (χ0n) is 36.3. The molecular formula is C65H43N. The Bertz CT molecular complexity index is 3610. The molecule has 1 nitrogen and oxygen atoms in total. The molecule has 0 N–H and O–H groups in total. The maximum Gasteiger partial charge on any atom is 0.0725 e. The Morgan fingerprint density at radius 1 is 0.227 bits per heavy atom. The van der Waals surface area contributed by atoms with Crippen molar-refractivity contribution >= 4 is 27.8 Å². The van der Waals surface area contributed by atoms with Crippen LogP contribution in [-0.4, -0.2) is 0 Å². The summed E-state index contributed by atoms with van der Waals surface area (Å²) in [5.74, 6) is 0. The minimum atomic E-state index is -0.410. The second kappa shape index (κ2) is 15.3. The summed E-state index contributed by atoms with van der Waals surface area (Å²) < 4.78 is 0. The molecule has 2 aliphatic carbocycles. The molecule has 11 aromatic carbocycles. The van der Waals surface area contributed by atoms with Gasteiger partial charge in [-0.05, 0) is 131 Å². The third-order valence-electron chi connectivity index (χ3n) is 14.1. The summed E-state index contributed by atoms with van der Waals surface area (Å²) in [6.45, 7) is 0. The normalized spacial score (nSPS) is 12.7. The Hall–Kier alpha value is -8.52. The molecule has 0 saturated carbocycles. The van der Waals surface area contributed by atoms with Crippen LogP contribution in [0.1, 0.15) is 22.3 Å². The highest BCUT2D eigenvalue weighted by molar-refractivity contribution is 6.00. The number of anilines is 3. The molecule has 0 aliphatic heterocycles. The molecule has 13 rings (SSSR count). The van der Waals surface area contributed by atoms with Gasteiger partial charge in [0.1, 0.15) is 0 Å². The van der Waals surface area contributed by atoms with E-state index in [0.29, 0.717) is 0 Å². The maximum atomic E-state index is 2.48. The van der Waals surface area contributed by atoms with Crippen molar-refractivity contribution in [3.63, 3.8) is 0 Å². The zero-order chi connectivity index (χ0) is 43.6. The fourth-order valence-corrected chi connectivity index (χ4v) is 11.3. The van der Waals surface area contributed by atoms with Crippen molar-refractivity contribution < 1.29 is 0 Å². The lowest BCUT2D eigenvalue weighted by atomic mass is 9.70. The van der Waals surface area contributed by atoms with Gasteiger partial charge in [0.05, 0.1) is 11.1 Å². The van der Waals surface area contributed by atoms with Gasteiger partial charge in [-0.1, -0.05) is 224 Å². The first kappa shape index (κ1) is 38.0. The van der Waals surface area contributed by atoms with Crippen molar-refractivity contribution in [3.8, 4) is 66.8 Å². The van der Waals surface area contributed by atoms with Crippen LogP contribution in [0.15, 0.2) is 261 Å². The first-order valence-corrected chi connectivity index (χ1v) is 22.9. The molecule has 308 valence electrons. The molecule has 0 heterocycles. The van der Waals surface area contributed by atoms with Gasteiger partial charge in [0.2, 0.25) is 0 Å². The van der Waals surface area contributed by atoms with E-state index in [1.54, 1.807) is 0 Å². The number of fused-ring (bicyclic) bond motifs is 11. The maximum absolute atomic E-state index is 2.48. The van der Waals surface area contributed by atoms with E-state index < -0.39 is 5.41 Å². The summed E-state index contributed by atoms with van der Waals surface area (Å²) in [5.41, 5.74) is 23.0. The molecule has 1 heteroatoms. The van der Waals surface area contributed by atoms with Crippen molar-refractivity contribution in [3.05, 3.63) is 283 Å². The van der Waals surface area contributed by atoms with Gasteiger partial charge in [-0.25, -0.2) is 0 Å². The minimum absolute atomic E-state index is 0.410. The van der Waals surface area contributed by atoms with Crippen LogP contribution in [0.25, 0.3) is 77.5 Å². The predicted octanol–water partition coefficient (Wildman–Crippen LogP) is 17.3. The summed E-state index contributed by atoms with van der Waals surface area (Å²) in [4.78, 5) is 2.48. The third kappa shape index (κ3) is 5.80. The predicted molar refractivity (Wildman–Crippen MR) is 277 cm³/mol. The molecule has 2 aliphatic rings. The van der Waals surface area contributed by atoms with E-state index in [0.717, 1.165) is 22.6 Å². The highest BCUT2D eigenvalue weighted by Crippen LogP contribution is 2.63. The first-order valence-electron chi connectivity index (χ1n) is 22.9. The first-order chi connectivity index (χ1) is 32.8. The van der Waals surface area contributed by atoms with Crippen LogP contribution in [-0.2, 0) is 5.41 Å². The Labute approximate surface area is 386 Å². The van der Waals surface area contributed by atoms with Gasteiger partial charge >= 0.3 is 0 Å². The molecule has 11 aromatic rings. The van der Waals surface area contributed by atoms with Crippen LogP contribution in [0.4, 0.5) is 17.1 Å². The number of para-hydroxylation sites is 1. The number of rotatable bonds is 7. The largest absolute Gasteiger partial charge is 0.310 e. The molecule has 0 radical (unpaired) electrons. The quantitative estimate of drug-likeness (QED) is 0.155. The Morgan fingerprint density at radius 2 is 0.667 bits per heavy atom. The van der Waals surface area contributed by atoms with Gasteiger partial charge < -0.3 is 4.90 Å². The van der Waals surface area contributed by atoms with E-state index in [4.69, 9.17) is 0 Å². The van der Waals surface area contributed by atoms with Crippen molar-refractivity contribution in [2.45, 2.75) is 5.41 Å². The fourth-order valence-electron chi connectivity index (χ4n) is 11.3. The van der Waals surface area contributed by atoms with Crippen LogP contribution in [0.5, 0.6) is 0 Å². The summed E-state index contributed by atoms with van der Waals surface area (Å²) in [5, 5.41) is 2.49. The lowest BCUT2D eigenvalue weighted by molar-refractivity contribution is 0.794. The van der Waals surface area contributed by atoms with Crippen molar-refractivity contribution in [2.75, 3.05) is 4.90 Å². The van der Waals surface area contributed by atoms with Crippen LogP contribution >= 0.6 is 0 Å². The number of benzene rings is 11. The van der Waals surface area contributed by atoms with Gasteiger partial charge in [0.15, 0.2) is 0 Å². The summed E-state index contributed by atoms with van der Waals surface area (Å²) >= 11 is 0. The van der Waals surface area contributed by atoms with E-state index in [2.05, 4.69) is 266 Å². The molecule has 0 atom stereocenters. The highest BCUT2D eigenvalue weighted by Gasteiger charge is 2.51. The average molecular weight is 838 g/mol. The number of hydrogen-bond acceptors (Lipinski definition) is 1. The molecule has 0 aromatic heterocycles. The lowest BCUT2D eigenvalue weighted by Crippen LogP contribution is -2.25. The van der Waals surface area contributed by atoms with Gasteiger partial charge in [0.25, 0.3) is 0 Å². The summed E-state index contributed by atoms with van der Waals surface area (Å²) in [7, 11) is 0. The second-order valence-corrected chi connectivity index (χ2v) is 17.5. The van der Waals surface area contributed by atoms with Gasteiger partial charge in [-0.3, -0.25) is 0 Å². The standard InChI is InChI=1S/C65H43N/c1-2-19-46(20-3-1)51-22-6-7-23-52(51)53-24-8-9-25-54(53)58-29-13-17-33-64(58)66(49-38-36-45(37-39-49)48-35-34-44-18-4-5-21-47(44)42-48)50-40-41-63-59(43-50)57-28-12-16-32-62(57)65(63)60-30-14-10-26-55(60)56-27-11-15-31-61(56)65/h1-43H. The van der Waals surface area contributed by atoms with Crippen LogP contribution in [0, 0.1) is 0 Å². The molecule has 0 bridgehead atoms. The smallest absolute Gasteiger partial charge is 0.0725 e. The second-order valence-electron chi connectivity index (χ2n) is 17.5. The van der Waals surface area contributed by atoms with Crippen molar-refractivity contribution in [2.24, 2.45) is 0 Å². The van der Waals surface area contributed by atoms with Crippen molar-refractivity contribution in [1.82, 2.24) is 0 Å². The monoisotopic (exact) mass is 837 g/mol. The molecule has 66 heavy (non-hydrogen) atoms. The number of nitrogens with zero attached hydrogens (tertiary/aromatic N) is 1. The molecule has 0 saturated heterocycles. The molecule has 1 spiro atoms. The minimum Gasteiger partial charge on any atom is -0.310 e. The van der Waals surface area contributed by atoms with Gasteiger partial charge in [0, 0.05) is 16.9 Å². The highest BCUT2D eigenvalue weighted by atomic mass is 15.1. The van der Waals surface area contributed by atoms with E-state index >= 15 is 0 Å². The van der Waals surface area contributed by atoms with E-state index in [-0.39, 0.29) is 0 Å². The van der Waals surface area contributed by atoms with Crippen LogP contribution in [0.2, 0.25) is 0 Å². The van der Waals surface area contributed by atoms with Crippen molar-refractivity contribution in [1.29, 1.82) is 0 Å². The molecule has 0 unspecified atom stereocenters. The zero-order valence-corrected chi connectivity index (χ0v) is 36.3. The Kier molecular flexibility index (Phi) is 8.82. The third-order valence-corrected chi connectivity index (χ3v) is 14.1. The SMILES string of the molecule is c1ccc(-c2ccccc2-c2ccccc2-c2ccccc2N(c2ccc(-c3ccc4ccccc4c3)cc2)c2ccc3c(c2)-c2ccccc2C32c3ccccc3-c3ccccc32)cc1. The van der Waals surface area contributed by atoms with Crippen LogP contribution < -0.4 is 4.90 Å². The van der Waals surface area contributed by atoms with Crippen LogP contribution in [0.3, 0.4) is 0 Å². The van der Waals surface area contributed by atoms with E-state index in [1.165, 1.54) is 94.2 Å². The van der Waals surface area contributed by atoms with E-state index in [1.807, 2.05) is 0 Å². The lowest BCUT2D eigenvalue weighted by Gasteiger charge is -2.31. The summed E-state index contributed by atoms with van der Waals surface area (Å²) in [6.07, 6.45) is 0. The Balaban J connectivity index is 1.02. The van der Waals surface area contributed by atoms with Gasteiger partial charge in [-0.2, -0.15) is 0 Å². The topological polar surface area (TPSA) is 3.24 Å². The number of hydrogen-bond donors (Lipinski definition) is 0.